The normalized spacial score (nSPS) is 6.67. The Bertz CT molecular complexity index is 157. The van der Waals surface area contributed by atoms with Crippen LogP contribution in [0.15, 0.2) is 25.7 Å². The molecule has 2 N–H and O–H groups in total. The van der Waals surface area contributed by atoms with E-state index in [0.717, 1.165) is 12.5 Å². The van der Waals surface area contributed by atoms with Gasteiger partial charge in [-0.3, -0.25) is 0 Å². The SMILES string of the molecule is C=COC(=O)OC=C.O=C(O)O. The second-order valence-corrected chi connectivity index (χ2v) is 1.10. The fourth-order valence-corrected chi connectivity index (χ4v) is 0.164. The highest BCUT2D eigenvalue weighted by Gasteiger charge is 1.93. The lowest BCUT2D eigenvalue weighted by Crippen LogP contribution is -1.96. The lowest BCUT2D eigenvalue weighted by Gasteiger charge is -1.91. The molecular weight excluding hydrogens is 168 g/mol. The molecule has 0 aliphatic rings. The van der Waals surface area contributed by atoms with Gasteiger partial charge in [0.1, 0.15) is 0 Å². The number of carboxylic acid groups (broad SMARTS) is 2. The molecule has 0 bridgehead atoms. The van der Waals surface area contributed by atoms with Crippen molar-refractivity contribution < 1.29 is 29.3 Å². The molecule has 6 heteroatoms. The van der Waals surface area contributed by atoms with Crippen molar-refractivity contribution in [3.8, 4) is 0 Å². The van der Waals surface area contributed by atoms with Crippen molar-refractivity contribution >= 4 is 12.3 Å². The van der Waals surface area contributed by atoms with Crippen LogP contribution in [-0.4, -0.2) is 22.5 Å². The zero-order chi connectivity index (χ0) is 9.98. The predicted molar refractivity (Wildman–Crippen MR) is 38.6 cm³/mol. The minimum Gasteiger partial charge on any atom is -0.450 e. The van der Waals surface area contributed by atoms with Gasteiger partial charge in [-0.15, -0.1) is 0 Å². The third-order valence-electron chi connectivity index (χ3n) is 0.359. The Morgan fingerprint density at radius 2 is 1.33 bits per heavy atom. The molecule has 12 heavy (non-hydrogen) atoms. The van der Waals surface area contributed by atoms with Crippen LogP contribution in [0.5, 0.6) is 0 Å². The Kier molecular flexibility index (Phi) is 9.53. The smallest absolute Gasteiger partial charge is 0.450 e. The summed E-state index contributed by atoms with van der Waals surface area (Å²) < 4.78 is 8.23. The standard InChI is InChI=1S/C5H6O3.CH2O3/c1-3-7-5(6)8-4-2;2-1(3)4/h3-4H,1-2H2;(H2,2,3,4). The van der Waals surface area contributed by atoms with Crippen LogP contribution in [0.2, 0.25) is 0 Å². The molecule has 0 aromatic heterocycles. The topological polar surface area (TPSA) is 93.1 Å². The Hall–Kier alpha value is -1.98. The largest absolute Gasteiger partial charge is 0.518 e. The summed E-state index contributed by atoms with van der Waals surface area (Å²) in [4.78, 5) is 18.6. The van der Waals surface area contributed by atoms with Crippen LogP contribution in [0.25, 0.3) is 0 Å². The first-order valence-electron chi connectivity index (χ1n) is 2.55. The number of rotatable bonds is 2. The van der Waals surface area contributed by atoms with Crippen LogP contribution in [0.4, 0.5) is 9.59 Å². The summed E-state index contributed by atoms with van der Waals surface area (Å²) in [7, 11) is 0. The summed E-state index contributed by atoms with van der Waals surface area (Å²) in [5.74, 6) is 0. The average Bonchev–Trinajstić information content (AvgIpc) is 1.87. The van der Waals surface area contributed by atoms with E-state index < -0.39 is 12.3 Å². The van der Waals surface area contributed by atoms with Crippen LogP contribution < -0.4 is 0 Å². The minimum absolute atomic E-state index is 0.824. The number of carbonyl (C=O) groups excluding carboxylic acids is 1. The summed E-state index contributed by atoms with van der Waals surface area (Å²) >= 11 is 0. The molecular formula is C6H8O6. The predicted octanol–water partition coefficient (Wildman–Crippen LogP) is 1.65. The van der Waals surface area contributed by atoms with E-state index >= 15 is 0 Å². The van der Waals surface area contributed by atoms with Gasteiger partial charge in [-0.05, 0) is 0 Å². The van der Waals surface area contributed by atoms with Gasteiger partial charge in [0.25, 0.3) is 0 Å². The second-order valence-electron chi connectivity index (χ2n) is 1.10. The Balaban J connectivity index is 0. The number of ether oxygens (including phenoxy) is 2. The molecule has 0 aliphatic carbocycles. The molecule has 0 heterocycles. The highest BCUT2D eigenvalue weighted by Crippen LogP contribution is 1.83. The average molecular weight is 176 g/mol. The van der Waals surface area contributed by atoms with Crippen molar-refractivity contribution in [2.24, 2.45) is 0 Å². The van der Waals surface area contributed by atoms with Crippen molar-refractivity contribution in [1.29, 1.82) is 0 Å². The maximum atomic E-state index is 10.1. The quantitative estimate of drug-likeness (QED) is 0.490. The van der Waals surface area contributed by atoms with E-state index in [4.69, 9.17) is 15.0 Å². The van der Waals surface area contributed by atoms with Gasteiger partial charge in [-0.25, -0.2) is 9.59 Å². The molecule has 0 rings (SSSR count). The molecule has 0 aromatic carbocycles. The van der Waals surface area contributed by atoms with Gasteiger partial charge >= 0.3 is 12.3 Å². The summed E-state index contributed by atoms with van der Waals surface area (Å²) in [5, 5.41) is 13.9. The van der Waals surface area contributed by atoms with Gasteiger partial charge < -0.3 is 19.7 Å². The Labute approximate surface area is 68.3 Å². The van der Waals surface area contributed by atoms with E-state index in [2.05, 4.69) is 22.6 Å². The first-order chi connectivity index (χ1) is 5.54. The zero-order valence-electron chi connectivity index (χ0n) is 6.10. The minimum atomic E-state index is -1.83. The summed E-state index contributed by atoms with van der Waals surface area (Å²) in [5.41, 5.74) is 0. The maximum absolute atomic E-state index is 10.1. The molecule has 0 atom stereocenters. The summed E-state index contributed by atoms with van der Waals surface area (Å²) in [6.45, 7) is 6.25. The zero-order valence-corrected chi connectivity index (χ0v) is 6.10. The molecule has 0 fully saturated rings. The van der Waals surface area contributed by atoms with Crippen LogP contribution in [0.1, 0.15) is 0 Å². The molecule has 6 nitrogen and oxygen atoms in total. The monoisotopic (exact) mass is 176 g/mol. The lowest BCUT2D eigenvalue weighted by atomic mass is 11.1. The Morgan fingerprint density at radius 3 is 1.50 bits per heavy atom. The van der Waals surface area contributed by atoms with E-state index in [0.29, 0.717) is 0 Å². The van der Waals surface area contributed by atoms with Gasteiger partial charge in [0.15, 0.2) is 0 Å². The van der Waals surface area contributed by atoms with Crippen molar-refractivity contribution in [2.45, 2.75) is 0 Å². The maximum Gasteiger partial charge on any atom is 0.518 e. The number of hydrogen-bond acceptors (Lipinski definition) is 4. The first-order valence-corrected chi connectivity index (χ1v) is 2.55. The number of carbonyl (C=O) groups is 2. The van der Waals surface area contributed by atoms with Gasteiger partial charge in [0.2, 0.25) is 0 Å². The summed E-state index contributed by atoms with van der Waals surface area (Å²) in [6, 6.07) is 0. The van der Waals surface area contributed by atoms with Gasteiger partial charge in [0, 0.05) is 0 Å². The van der Waals surface area contributed by atoms with Crippen molar-refractivity contribution in [2.75, 3.05) is 0 Å². The fourth-order valence-electron chi connectivity index (χ4n) is 0.164. The second kappa shape index (κ2) is 9.02. The van der Waals surface area contributed by atoms with Crippen LogP contribution in [0.3, 0.4) is 0 Å². The molecule has 0 unspecified atom stereocenters. The van der Waals surface area contributed by atoms with Crippen LogP contribution >= 0.6 is 0 Å². The van der Waals surface area contributed by atoms with Gasteiger partial charge in [-0.1, -0.05) is 13.2 Å². The van der Waals surface area contributed by atoms with E-state index in [1.54, 1.807) is 0 Å². The van der Waals surface area contributed by atoms with Crippen LogP contribution in [-0.2, 0) is 9.47 Å². The van der Waals surface area contributed by atoms with Gasteiger partial charge in [0.05, 0.1) is 12.5 Å². The molecule has 0 aromatic rings. The number of hydrogen-bond donors (Lipinski definition) is 2. The molecule has 0 radical (unpaired) electrons. The molecule has 0 amide bonds. The van der Waals surface area contributed by atoms with E-state index in [1.165, 1.54) is 0 Å². The summed E-state index contributed by atoms with van der Waals surface area (Å²) in [6.07, 6.45) is -0.701. The fraction of sp³-hybridized carbons (Fsp3) is 0. The lowest BCUT2D eigenvalue weighted by molar-refractivity contribution is 0.120. The molecule has 0 spiro atoms. The highest BCUT2D eigenvalue weighted by molar-refractivity contribution is 5.61. The van der Waals surface area contributed by atoms with Gasteiger partial charge in [-0.2, -0.15) is 0 Å². The molecule has 68 valence electrons. The third-order valence-corrected chi connectivity index (χ3v) is 0.359. The van der Waals surface area contributed by atoms with Crippen molar-refractivity contribution in [3.05, 3.63) is 25.7 Å². The highest BCUT2D eigenvalue weighted by atomic mass is 16.7. The van der Waals surface area contributed by atoms with Crippen molar-refractivity contribution in [1.82, 2.24) is 0 Å². The molecule has 0 aliphatic heterocycles. The molecule has 0 saturated heterocycles. The third kappa shape index (κ3) is 24.5. The van der Waals surface area contributed by atoms with Crippen molar-refractivity contribution in [3.63, 3.8) is 0 Å². The Morgan fingerprint density at radius 1 is 1.08 bits per heavy atom. The van der Waals surface area contributed by atoms with E-state index in [1.807, 2.05) is 0 Å². The first kappa shape index (κ1) is 12.7. The van der Waals surface area contributed by atoms with E-state index in [9.17, 15) is 4.79 Å². The van der Waals surface area contributed by atoms with E-state index in [-0.39, 0.29) is 0 Å². The van der Waals surface area contributed by atoms with Crippen LogP contribution in [0, 0.1) is 0 Å². The molecule has 0 saturated carbocycles.